The minimum Gasteiger partial charge on any atom is -0.198 e. The Labute approximate surface area is 83.6 Å². The molecule has 0 N–H and O–H groups in total. The Morgan fingerprint density at radius 3 is 2.64 bits per heavy atom. The van der Waals surface area contributed by atoms with Gasteiger partial charge in [0.2, 0.25) is 0 Å². The number of hydrogen-bond acceptors (Lipinski definition) is 1. The minimum absolute atomic E-state index is 0.490. The molecule has 0 heterocycles. The Hall–Kier alpha value is -1.81. The van der Waals surface area contributed by atoms with Gasteiger partial charge < -0.3 is 0 Å². The molecule has 0 fully saturated rings. The van der Waals surface area contributed by atoms with Crippen molar-refractivity contribution in [1.82, 2.24) is 0 Å². The fourth-order valence-electron chi connectivity index (χ4n) is 1.62. The third-order valence-electron chi connectivity index (χ3n) is 2.34. The van der Waals surface area contributed by atoms with Crippen LogP contribution in [0.4, 0.5) is 0 Å². The molecule has 14 heavy (non-hydrogen) atoms. The molecular weight excluding hydrogens is 170 g/mol. The number of hydrogen-bond donors (Lipinski definition) is 0. The number of nitriles is 1. The summed E-state index contributed by atoms with van der Waals surface area (Å²) in [4.78, 5) is 0. The van der Waals surface area contributed by atoms with Crippen LogP contribution in [0, 0.1) is 18.3 Å². The zero-order valence-electron chi connectivity index (χ0n) is 8.12. The van der Waals surface area contributed by atoms with Crippen LogP contribution >= 0.6 is 0 Å². The molecule has 0 aliphatic heterocycles. The molecule has 0 unspecified atom stereocenters. The van der Waals surface area contributed by atoms with E-state index in [1.54, 1.807) is 0 Å². The highest BCUT2D eigenvalue weighted by Gasteiger charge is 1.96. The van der Waals surface area contributed by atoms with Crippen LogP contribution in [0.5, 0.6) is 0 Å². The van der Waals surface area contributed by atoms with Gasteiger partial charge in [-0.2, -0.15) is 5.26 Å². The summed E-state index contributed by atoms with van der Waals surface area (Å²) < 4.78 is 0. The van der Waals surface area contributed by atoms with E-state index in [-0.39, 0.29) is 0 Å². The summed E-state index contributed by atoms with van der Waals surface area (Å²) >= 11 is 0. The average molecular weight is 181 g/mol. The predicted molar refractivity (Wildman–Crippen MR) is 58.0 cm³/mol. The lowest BCUT2D eigenvalue weighted by atomic mass is 10.0. The molecule has 0 bridgehead atoms. The fourth-order valence-corrected chi connectivity index (χ4v) is 1.62. The molecule has 0 atom stereocenters. The first-order valence-electron chi connectivity index (χ1n) is 4.66. The zero-order valence-corrected chi connectivity index (χ0v) is 8.12. The SMILES string of the molecule is Cc1ccc2ccc(CC#N)cc2c1. The van der Waals surface area contributed by atoms with Crippen molar-refractivity contribution in [2.45, 2.75) is 13.3 Å². The Bertz CT molecular complexity index is 506. The average Bonchev–Trinajstić information content (AvgIpc) is 2.17. The first kappa shape index (κ1) is 8.77. The van der Waals surface area contributed by atoms with Gasteiger partial charge in [0.25, 0.3) is 0 Å². The molecule has 0 saturated carbocycles. The summed E-state index contributed by atoms with van der Waals surface area (Å²) in [6.45, 7) is 2.08. The van der Waals surface area contributed by atoms with Crippen molar-refractivity contribution in [3.05, 3.63) is 47.5 Å². The van der Waals surface area contributed by atoms with Crippen molar-refractivity contribution < 1.29 is 0 Å². The highest BCUT2D eigenvalue weighted by Crippen LogP contribution is 2.17. The van der Waals surface area contributed by atoms with Gasteiger partial charge in [0.05, 0.1) is 12.5 Å². The molecule has 1 nitrogen and oxygen atoms in total. The maximum atomic E-state index is 8.60. The van der Waals surface area contributed by atoms with Crippen LogP contribution in [0.3, 0.4) is 0 Å². The lowest BCUT2D eigenvalue weighted by Crippen LogP contribution is -1.82. The lowest BCUT2D eigenvalue weighted by molar-refractivity contribution is 1.27. The molecule has 68 valence electrons. The maximum absolute atomic E-state index is 8.60. The maximum Gasteiger partial charge on any atom is 0.0669 e. The van der Waals surface area contributed by atoms with E-state index in [1.807, 2.05) is 6.07 Å². The summed E-state index contributed by atoms with van der Waals surface area (Å²) in [5.74, 6) is 0. The molecule has 2 aromatic carbocycles. The molecular formula is C13H11N. The monoisotopic (exact) mass is 181 g/mol. The molecule has 0 saturated heterocycles. The van der Waals surface area contributed by atoms with Crippen molar-refractivity contribution in [3.63, 3.8) is 0 Å². The summed E-state index contributed by atoms with van der Waals surface area (Å²) in [6, 6.07) is 14.7. The fraction of sp³-hybridized carbons (Fsp3) is 0.154. The van der Waals surface area contributed by atoms with E-state index >= 15 is 0 Å². The lowest BCUT2D eigenvalue weighted by Gasteiger charge is -2.01. The van der Waals surface area contributed by atoms with Crippen LogP contribution < -0.4 is 0 Å². The van der Waals surface area contributed by atoms with Crippen LogP contribution in [0.25, 0.3) is 10.8 Å². The van der Waals surface area contributed by atoms with E-state index in [2.05, 4.69) is 43.3 Å². The first-order valence-corrected chi connectivity index (χ1v) is 4.66. The Kier molecular flexibility index (Phi) is 2.20. The second-order valence-electron chi connectivity index (χ2n) is 3.52. The smallest absolute Gasteiger partial charge is 0.0669 e. The van der Waals surface area contributed by atoms with Gasteiger partial charge in [0, 0.05) is 0 Å². The molecule has 1 heteroatoms. The summed E-state index contributed by atoms with van der Waals surface area (Å²) in [5, 5.41) is 11.1. The van der Waals surface area contributed by atoms with Crippen LogP contribution in [-0.2, 0) is 6.42 Å². The summed E-state index contributed by atoms with van der Waals surface area (Å²) in [5.41, 5.74) is 2.34. The standard InChI is InChI=1S/C13H11N/c1-10-2-4-12-5-3-11(6-7-14)9-13(12)8-10/h2-5,8-9H,6H2,1H3. The van der Waals surface area contributed by atoms with E-state index in [1.165, 1.54) is 16.3 Å². The number of nitrogens with zero attached hydrogens (tertiary/aromatic N) is 1. The summed E-state index contributed by atoms with van der Waals surface area (Å²) in [7, 11) is 0. The second-order valence-corrected chi connectivity index (χ2v) is 3.52. The van der Waals surface area contributed by atoms with E-state index in [4.69, 9.17) is 5.26 Å². The third kappa shape index (κ3) is 1.60. The van der Waals surface area contributed by atoms with Crippen LogP contribution in [0.1, 0.15) is 11.1 Å². The topological polar surface area (TPSA) is 23.8 Å². The largest absolute Gasteiger partial charge is 0.198 e. The quantitative estimate of drug-likeness (QED) is 0.662. The molecule has 2 rings (SSSR count). The minimum atomic E-state index is 0.490. The van der Waals surface area contributed by atoms with Gasteiger partial charge in [-0.25, -0.2) is 0 Å². The highest BCUT2D eigenvalue weighted by molar-refractivity contribution is 5.83. The Balaban J connectivity index is 2.59. The second kappa shape index (κ2) is 3.51. The molecule has 0 aliphatic rings. The van der Waals surface area contributed by atoms with Gasteiger partial charge in [-0.05, 0) is 23.3 Å². The molecule has 0 spiro atoms. The molecule has 0 aromatic heterocycles. The Morgan fingerprint density at radius 2 is 1.86 bits per heavy atom. The number of rotatable bonds is 1. The number of aryl methyl sites for hydroxylation is 1. The van der Waals surface area contributed by atoms with Crippen molar-refractivity contribution in [2.24, 2.45) is 0 Å². The van der Waals surface area contributed by atoms with Crippen molar-refractivity contribution in [2.75, 3.05) is 0 Å². The van der Waals surface area contributed by atoms with Crippen molar-refractivity contribution in [1.29, 1.82) is 5.26 Å². The third-order valence-corrected chi connectivity index (χ3v) is 2.34. The highest BCUT2D eigenvalue weighted by atomic mass is 14.2. The normalized spacial score (nSPS) is 10.0. The van der Waals surface area contributed by atoms with Gasteiger partial charge in [-0.1, -0.05) is 42.0 Å². The van der Waals surface area contributed by atoms with Gasteiger partial charge in [-0.3, -0.25) is 0 Å². The van der Waals surface area contributed by atoms with Crippen LogP contribution in [0.2, 0.25) is 0 Å². The predicted octanol–water partition coefficient (Wildman–Crippen LogP) is 3.21. The summed E-state index contributed by atoms with van der Waals surface area (Å²) in [6.07, 6.45) is 0.490. The zero-order chi connectivity index (χ0) is 9.97. The van der Waals surface area contributed by atoms with Crippen LogP contribution in [0.15, 0.2) is 36.4 Å². The van der Waals surface area contributed by atoms with Crippen LogP contribution in [-0.4, -0.2) is 0 Å². The van der Waals surface area contributed by atoms with Gasteiger partial charge in [0.1, 0.15) is 0 Å². The number of fused-ring (bicyclic) bond motifs is 1. The van der Waals surface area contributed by atoms with Crippen molar-refractivity contribution in [3.8, 4) is 6.07 Å². The van der Waals surface area contributed by atoms with Gasteiger partial charge >= 0.3 is 0 Å². The van der Waals surface area contributed by atoms with E-state index in [9.17, 15) is 0 Å². The van der Waals surface area contributed by atoms with E-state index < -0.39 is 0 Å². The van der Waals surface area contributed by atoms with Gasteiger partial charge in [-0.15, -0.1) is 0 Å². The van der Waals surface area contributed by atoms with Crippen molar-refractivity contribution >= 4 is 10.8 Å². The first-order chi connectivity index (χ1) is 6.79. The molecule has 0 aliphatic carbocycles. The van der Waals surface area contributed by atoms with E-state index in [0.29, 0.717) is 6.42 Å². The Morgan fingerprint density at radius 1 is 1.07 bits per heavy atom. The van der Waals surface area contributed by atoms with E-state index in [0.717, 1.165) is 5.56 Å². The number of benzene rings is 2. The molecule has 2 aromatic rings. The molecule has 0 radical (unpaired) electrons. The molecule has 0 amide bonds. The van der Waals surface area contributed by atoms with Gasteiger partial charge in [0.15, 0.2) is 0 Å².